The van der Waals surface area contributed by atoms with Gasteiger partial charge in [0.15, 0.2) is 0 Å². The standard InChI is InChI=1S/C12H18N2O3S/c1-2-8-13-9-5-10-18(17)12-7-4-3-6-11(12)14(15)16/h3-4,6-7,13H,2,5,8-10H2,1H3. The Hall–Kier alpha value is -1.27. The van der Waals surface area contributed by atoms with E-state index in [1.807, 2.05) is 0 Å². The fraction of sp³-hybridized carbons (Fsp3) is 0.500. The van der Waals surface area contributed by atoms with Crippen LogP contribution in [0.4, 0.5) is 5.69 Å². The maximum Gasteiger partial charge on any atom is 0.285 e. The minimum absolute atomic E-state index is 0.0580. The van der Waals surface area contributed by atoms with Crippen LogP contribution in [0.1, 0.15) is 19.8 Å². The molecule has 1 aromatic rings. The summed E-state index contributed by atoms with van der Waals surface area (Å²) in [7, 11) is -1.30. The van der Waals surface area contributed by atoms with Gasteiger partial charge in [0.05, 0.1) is 15.7 Å². The fourth-order valence-electron chi connectivity index (χ4n) is 1.54. The third-order valence-corrected chi connectivity index (χ3v) is 3.91. The van der Waals surface area contributed by atoms with Gasteiger partial charge in [0, 0.05) is 11.8 Å². The van der Waals surface area contributed by atoms with Gasteiger partial charge in [-0.3, -0.25) is 14.3 Å². The molecule has 5 nitrogen and oxygen atoms in total. The van der Waals surface area contributed by atoms with Gasteiger partial charge in [-0.05, 0) is 32.0 Å². The van der Waals surface area contributed by atoms with Crippen molar-refractivity contribution in [3.05, 3.63) is 34.4 Å². The van der Waals surface area contributed by atoms with Crippen molar-refractivity contribution in [1.82, 2.24) is 5.32 Å². The summed E-state index contributed by atoms with van der Waals surface area (Å²) < 4.78 is 12.0. The van der Waals surface area contributed by atoms with Crippen molar-refractivity contribution in [2.75, 3.05) is 18.8 Å². The number of nitrogens with zero attached hydrogens (tertiary/aromatic N) is 1. The third kappa shape index (κ3) is 4.54. The van der Waals surface area contributed by atoms with Crippen LogP contribution in [0.25, 0.3) is 0 Å². The molecule has 0 bridgehead atoms. The number of para-hydroxylation sites is 1. The van der Waals surface area contributed by atoms with Crippen LogP contribution in [0.3, 0.4) is 0 Å². The molecule has 0 radical (unpaired) electrons. The Morgan fingerprint density at radius 2 is 2.06 bits per heavy atom. The fourth-order valence-corrected chi connectivity index (χ4v) is 2.77. The first-order valence-electron chi connectivity index (χ1n) is 5.99. The summed E-state index contributed by atoms with van der Waals surface area (Å²) in [4.78, 5) is 10.6. The van der Waals surface area contributed by atoms with E-state index in [0.717, 1.165) is 25.9 Å². The number of hydrogen-bond acceptors (Lipinski definition) is 4. The quantitative estimate of drug-likeness (QED) is 0.446. The van der Waals surface area contributed by atoms with Gasteiger partial charge >= 0.3 is 0 Å². The maximum absolute atomic E-state index is 12.0. The van der Waals surface area contributed by atoms with Crippen LogP contribution in [0.2, 0.25) is 0 Å². The molecule has 0 fully saturated rings. The van der Waals surface area contributed by atoms with Crippen molar-refractivity contribution in [2.24, 2.45) is 0 Å². The second-order valence-corrected chi connectivity index (χ2v) is 5.42. The second-order valence-electron chi connectivity index (χ2n) is 3.88. The molecule has 0 amide bonds. The van der Waals surface area contributed by atoms with Gasteiger partial charge in [-0.2, -0.15) is 0 Å². The van der Waals surface area contributed by atoms with Crippen LogP contribution in [0.5, 0.6) is 0 Å². The summed E-state index contributed by atoms with van der Waals surface area (Å²) in [6, 6.07) is 6.22. The Bertz CT molecular complexity index is 424. The molecule has 1 aromatic carbocycles. The SMILES string of the molecule is CCCNCCCS(=O)c1ccccc1[N+](=O)[O-]. The molecule has 6 heteroatoms. The van der Waals surface area contributed by atoms with Crippen LogP contribution >= 0.6 is 0 Å². The van der Waals surface area contributed by atoms with E-state index in [-0.39, 0.29) is 5.69 Å². The lowest BCUT2D eigenvalue weighted by Crippen LogP contribution is -2.18. The molecule has 0 aliphatic heterocycles. The van der Waals surface area contributed by atoms with Gasteiger partial charge in [-0.15, -0.1) is 0 Å². The number of nitro groups is 1. The van der Waals surface area contributed by atoms with Crippen molar-refractivity contribution in [3.8, 4) is 0 Å². The molecule has 1 unspecified atom stereocenters. The van der Waals surface area contributed by atoms with Gasteiger partial charge in [0.1, 0.15) is 4.90 Å². The first-order chi connectivity index (χ1) is 8.66. The number of rotatable bonds is 8. The largest absolute Gasteiger partial charge is 0.317 e. The summed E-state index contributed by atoms with van der Waals surface area (Å²) in [5, 5.41) is 14.0. The molecule has 18 heavy (non-hydrogen) atoms. The Labute approximate surface area is 109 Å². The number of nitro benzene ring substituents is 1. The predicted octanol–water partition coefficient (Wildman–Crippen LogP) is 2.09. The second kappa shape index (κ2) is 7.94. The maximum atomic E-state index is 12.0. The molecule has 1 rings (SSSR count). The van der Waals surface area contributed by atoms with Crippen molar-refractivity contribution < 1.29 is 9.13 Å². The highest BCUT2D eigenvalue weighted by Crippen LogP contribution is 2.21. The van der Waals surface area contributed by atoms with Crippen molar-refractivity contribution >= 4 is 16.5 Å². The van der Waals surface area contributed by atoms with E-state index >= 15 is 0 Å². The number of hydrogen-bond donors (Lipinski definition) is 1. The molecule has 0 saturated carbocycles. The molecule has 1 N–H and O–H groups in total. The van der Waals surface area contributed by atoms with Crippen LogP contribution in [0.15, 0.2) is 29.2 Å². The summed E-state index contributed by atoms with van der Waals surface area (Å²) in [5.74, 6) is 0.446. The van der Waals surface area contributed by atoms with Gasteiger partial charge < -0.3 is 5.32 Å². The zero-order chi connectivity index (χ0) is 13.4. The minimum atomic E-state index is -1.30. The monoisotopic (exact) mass is 270 g/mol. The summed E-state index contributed by atoms with van der Waals surface area (Å²) >= 11 is 0. The molecule has 1 atom stereocenters. The van der Waals surface area contributed by atoms with E-state index in [1.54, 1.807) is 18.2 Å². The summed E-state index contributed by atoms with van der Waals surface area (Å²) in [5.41, 5.74) is -0.0580. The van der Waals surface area contributed by atoms with Gasteiger partial charge in [-0.1, -0.05) is 19.1 Å². The van der Waals surface area contributed by atoms with E-state index < -0.39 is 15.7 Å². The van der Waals surface area contributed by atoms with Crippen molar-refractivity contribution in [2.45, 2.75) is 24.7 Å². The van der Waals surface area contributed by atoms with Crippen LogP contribution in [-0.4, -0.2) is 28.0 Å². The van der Waals surface area contributed by atoms with Gasteiger partial charge in [-0.25, -0.2) is 0 Å². The molecule has 0 aliphatic rings. The molecule has 0 aromatic heterocycles. The van der Waals surface area contributed by atoms with Gasteiger partial charge in [0.2, 0.25) is 0 Å². The molecule has 0 saturated heterocycles. The van der Waals surface area contributed by atoms with Crippen molar-refractivity contribution in [3.63, 3.8) is 0 Å². The molecule has 0 heterocycles. The minimum Gasteiger partial charge on any atom is -0.317 e. The van der Waals surface area contributed by atoms with Crippen LogP contribution in [0, 0.1) is 10.1 Å². The first-order valence-corrected chi connectivity index (χ1v) is 7.31. The van der Waals surface area contributed by atoms with E-state index in [0.29, 0.717) is 10.6 Å². The zero-order valence-electron chi connectivity index (χ0n) is 10.4. The average molecular weight is 270 g/mol. The molecular weight excluding hydrogens is 252 g/mol. The number of nitrogens with one attached hydrogen (secondary N) is 1. The zero-order valence-corrected chi connectivity index (χ0v) is 11.2. The summed E-state index contributed by atoms with van der Waals surface area (Å²) in [6.45, 7) is 3.82. The molecule has 0 spiro atoms. The molecular formula is C12H18N2O3S. The van der Waals surface area contributed by atoms with Crippen molar-refractivity contribution in [1.29, 1.82) is 0 Å². The Kier molecular flexibility index (Phi) is 6.53. The van der Waals surface area contributed by atoms with E-state index in [4.69, 9.17) is 0 Å². The summed E-state index contributed by atoms with van der Waals surface area (Å²) in [6.07, 6.45) is 1.81. The van der Waals surface area contributed by atoms with E-state index in [2.05, 4.69) is 12.2 Å². The Morgan fingerprint density at radius 1 is 1.33 bits per heavy atom. The topological polar surface area (TPSA) is 72.2 Å². The lowest BCUT2D eigenvalue weighted by atomic mass is 10.3. The average Bonchev–Trinajstić information content (AvgIpc) is 2.38. The number of benzene rings is 1. The third-order valence-electron chi connectivity index (χ3n) is 2.42. The predicted molar refractivity (Wildman–Crippen MR) is 72.1 cm³/mol. The lowest BCUT2D eigenvalue weighted by molar-refractivity contribution is -0.387. The van der Waals surface area contributed by atoms with E-state index in [1.165, 1.54) is 6.07 Å². The van der Waals surface area contributed by atoms with Crippen LogP contribution < -0.4 is 5.32 Å². The highest BCUT2D eigenvalue weighted by molar-refractivity contribution is 7.85. The Morgan fingerprint density at radius 3 is 2.72 bits per heavy atom. The first kappa shape index (κ1) is 14.8. The van der Waals surface area contributed by atoms with E-state index in [9.17, 15) is 14.3 Å². The van der Waals surface area contributed by atoms with Crippen LogP contribution in [-0.2, 0) is 10.8 Å². The highest BCUT2D eigenvalue weighted by atomic mass is 32.2. The molecule has 100 valence electrons. The lowest BCUT2D eigenvalue weighted by Gasteiger charge is -2.04. The normalized spacial score (nSPS) is 12.3. The smallest absolute Gasteiger partial charge is 0.285 e. The van der Waals surface area contributed by atoms with Gasteiger partial charge in [0.25, 0.3) is 5.69 Å². The Balaban J connectivity index is 2.54. The molecule has 0 aliphatic carbocycles. The highest BCUT2D eigenvalue weighted by Gasteiger charge is 2.17.